The van der Waals surface area contributed by atoms with E-state index in [-0.39, 0.29) is 11.8 Å². The minimum Gasteiger partial charge on any atom is -0.378 e. The Balaban J connectivity index is 1.53. The topological polar surface area (TPSA) is 48.1 Å². The van der Waals surface area contributed by atoms with Crippen LogP contribution in [-0.2, 0) is 4.79 Å². The zero-order valence-corrected chi connectivity index (χ0v) is 18.7. The number of aromatic nitrogens is 1. The van der Waals surface area contributed by atoms with Gasteiger partial charge in [0.2, 0.25) is 5.91 Å². The van der Waals surface area contributed by atoms with Gasteiger partial charge < -0.3 is 15.2 Å². The van der Waals surface area contributed by atoms with Gasteiger partial charge in [0.05, 0.1) is 5.75 Å². The number of fused-ring (bicyclic) bond motifs is 1. The maximum Gasteiger partial charge on any atom is 0.230 e. The summed E-state index contributed by atoms with van der Waals surface area (Å²) in [6, 6.07) is 26.9. The predicted molar refractivity (Wildman–Crippen MR) is 131 cm³/mol. The Morgan fingerprint density at radius 3 is 2.42 bits per heavy atom. The Kier molecular flexibility index (Phi) is 6.63. The molecule has 1 aromatic heterocycles. The van der Waals surface area contributed by atoms with Gasteiger partial charge in [0.15, 0.2) is 0 Å². The molecular weight excluding hydrogens is 402 g/mol. The summed E-state index contributed by atoms with van der Waals surface area (Å²) >= 11 is 1.56. The van der Waals surface area contributed by atoms with E-state index < -0.39 is 0 Å². The molecule has 0 saturated carbocycles. The molecule has 2 N–H and O–H groups in total. The molecule has 0 spiro atoms. The molecule has 1 amide bonds. The Hall–Kier alpha value is -3.18. The summed E-state index contributed by atoms with van der Waals surface area (Å²) in [5.41, 5.74) is 4.65. The van der Waals surface area contributed by atoms with Crippen molar-refractivity contribution in [1.82, 2.24) is 10.3 Å². The van der Waals surface area contributed by atoms with Crippen molar-refractivity contribution >= 4 is 34.3 Å². The number of para-hydroxylation sites is 1. The lowest BCUT2D eigenvalue weighted by molar-refractivity contribution is -0.118. The van der Waals surface area contributed by atoms with Crippen molar-refractivity contribution in [1.29, 1.82) is 0 Å². The number of nitrogens with zero attached hydrogens (tertiary/aromatic N) is 1. The Morgan fingerprint density at radius 1 is 0.968 bits per heavy atom. The highest BCUT2D eigenvalue weighted by atomic mass is 32.2. The number of thioether (sulfide) groups is 1. The fourth-order valence-corrected chi connectivity index (χ4v) is 4.48. The first kappa shape index (κ1) is 21.1. The molecule has 0 fully saturated rings. The second kappa shape index (κ2) is 9.75. The highest BCUT2D eigenvalue weighted by molar-refractivity contribution is 8.00. The summed E-state index contributed by atoms with van der Waals surface area (Å²) in [5.74, 6) is 0.520. The lowest BCUT2D eigenvalue weighted by atomic mass is 9.90. The zero-order valence-electron chi connectivity index (χ0n) is 17.8. The number of hydrogen-bond donors (Lipinski definition) is 2. The van der Waals surface area contributed by atoms with E-state index in [4.69, 9.17) is 0 Å². The van der Waals surface area contributed by atoms with E-state index in [0.717, 1.165) is 16.1 Å². The van der Waals surface area contributed by atoms with Crippen molar-refractivity contribution in [3.63, 3.8) is 0 Å². The minimum atomic E-state index is 0.0450. The molecule has 0 saturated heterocycles. The van der Waals surface area contributed by atoms with Gasteiger partial charge in [-0.1, -0.05) is 48.5 Å². The van der Waals surface area contributed by atoms with Crippen LogP contribution in [0.5, 0.6) is 0 Å². The molecule has 0 radical (unpaired) electrons. The largest absolute Gasteiger partial charge is 0.378 e. The van der Waals surface area contributed by atoms with Gasteiger partial charge in [-0.05, 0) is 41.5 Å². The highest BCUT2D eigenvalue weighted by Gasteiger charge is 2.19. The van der Waals surface area contributed by atoms with Crippen LogP contribution in [0.2, 0.25) is 0 Å². The van der Waals surface area contributed by atoms with Gasteiger partial charge in [-0.15, -0.1) is 11.8 Å². The summed E-state index contributed by atoms with van der Waals surface area (Å²) in [6.07, 6.45) is 2.07. The summed E-state index contributed by atoms with van der Waals surface area (Å²) in [4.78, 5) is 19.2. The average molecular weight is 430 g/mol. The molecule has 5 heteroatoms. The highest BCUT2D eigenvalue weighted by Crippen LogP contribution is 2.31. The van der Waals surface area contributed by atoms with Gasteiger partial charge in [0.25, 0.3) is 0 Å². The van der Waals surface area contributed by atoms with E-state index in [2.05, 4.69) is 63.9 Å². The maximum absolute atomic E-state index is 12.6. The molecule has 3 aromatic carbocycles. The summed E-state index contributed by atoms with van der Waals surface area (Å²) in [5, 5.41) is 4.35. The number of amides is 1. The van der Waals surface area contributed by atoms with Gasteiger partial charge in [-0.2, -0.15) is 0 Å². The first-order chi connectivity index (χ1) is 15.1. The second-order valence-corrected chi connectivity index (χ2v) is 8.78. The number of aromatic amines is 1. The molecule has 4 rings (SSSR count). The fourth-order valence-electron chi connectivity index (χ4n) is 3.73. The van der Waals surface area contributed by atoms with E-state index in [1.54, 1.807) is 11.8 Å². The second-order valence-electron chi connectivity index (χ2n) is 7.73. The fraction of sp³-hybridized carbons (Fsp3) is 0.192. The predicted octanol–water partition coefficient (Wildman–Crippen LogP) is 5.27. The molecule has 4 aromatic rings. The lowest BCUT2D eigenvalue weighted by Crippen LogP contribution is -2.30. The van der Waals surface area contributed by atoms with Crippen LogP contribution in [0.3, 0.4) is 0 Å². The third-order valence-electron chi connectivity index (χ3n) is 5.43. The van der Waals surface area contributed by atoms with E-state index >= 15 is 0 Å². The standard InChI is InChI=1S/C26H27N3OS/c1-29(2)20-14-12-19(13-15-20)23(24-17-27-25-11-7-6-10-22(24)25)16-28-26(30)18-31-21-8-4-3-5-9-21/h3-15,17,23,27H,16,18H2,1-2H3,(H,28,30)/t23-/m1/s1. The number of H-pyrrole nitrogens is 1. The molecule has 0 aliphatic carbocycles. The lowest BCUT2D eigenvalue weighted by Gasteiger charge is -2.20. The maximum atomic E-state index is 12.6. The van der Waals surface area contributed by atoms with Crippen LogP contribution in [0.4, 0.5) is 5.69 Å². The van der Waals surface area contributed by atoms with Crippen LogP contribution < -0.4 is 10.2 Å². The first-order valence-corrected chi connectivity index (χ1v) is 11.4. The number of carbonyl (C=O) groups excluding carboxylic acids is 1. The van der Waals surface area contributed by atoms with E-state index in [1.165, 1.54) is 16.5 Å². The monoisotopic (exact) mass is 429 g/mol. The van der Waals surface area contributed by atoms with E-state index in [9.17, 15) is 4.79 Å². The molecule has 0 unspecified atom stereocenters. The normalized spacial score (nSPS) is 11.9. The molecule has 158 valence electrons. The molecule has 4 nitrogen and oxygen atoms in total. The molecule has 0 aliphatic rings. The molecule has 31 heavy (non-hydrogen) atoms. The smallest absolute Gasteiger partial charge is 0.230 e. The average Bonchev–Trinajstić information content (AvgIpc) is 3.23. The van der Waals surface area contributed by atoms with Crippen molar-refractivity contribution in [2.24, 2.45) is 0 Å². The summed E-state index contributed by atoms with van der Waals surface area (Å²) in [6.45, 7) is 0.553. The minimum absolute atomic E-state index is 0.0450. The number of anilines is 1. The van der Waals surface area contributed by atoms with Crippen LogP contribution >= 0.6 is 11.8 Å². The van der Waals surface area contributed by atoms with Gasteiger partial charge in [0.1, 0.15) is 0 Å². The Bertz CT molecular complexity index is 1140. The summed E-state index contributed by atoms with van der Waals surface area (Å²) < 4.78 is 0. The van der Waals surface area contributed by atoms with Crippen LogP contribution in [0.15, 0.2) is 90.0 Å². The van der Waals surface area contributed by atoms with Crippen LogP contribution in [0.25, 0.3) is 10.9 Å². The van der Waals surface area contributed by atoms with Gasteiger partial charge in [-0.3, -0.25) is 4.79 Å². The van der Waals surface area contributed by atoms with Crippen molar-refractivity contribution in [2.45, 2.75) is 10.8 Å². The number of benzene rings is 3. The van der Waals surface area contributed by atoms with Gasteiger partial charge >= 0.3 is 0 Å². The van der Waals surface area contributed by atoms with Crippen molar-refractivity contribution in [3.05, 3.63) is 96.2 Å². The Morgan fingerprint density at radius 2 is 1.68 bits per heavy atom. The van der Waals surface area contributed by atoms with Gasteiger partial charge in [0, 0.05) is 54.2 Å². The molecule has 0 bridgehead atoms. The number of carbonyl (C=O) groups is 1. The van der Waals surface area contributed by atoms with Crippen molar-refractivity contribution in [3.8, 4) is 0 Å². The number of hydrogen-bond acceptors (Lipinski definition) is 3. The van der Waals surface area contributed by atoms with Gasteiger partial charge in [-0.25, -0.2) is 0 Å². The molecule has 1 heterocycles. The van der Waals surface area contributed by atoms with Crippen LogP contribution in [0, 0.1) is 0 Å². The molecule has 0 aliphatic heterocycles. The van der Waals surface area contributed by atoms with E-state index in [0.29, 0.717) is 12.3 Å². The third kappa shape index (κ3) is 5.12. The van der Waals surface area contributed by atoms with Crippen LogP contribution in [0.1, 0.15) is 17.0 Å². The first-order valence-electron chi connectivity index (χ1n) is 10.4. The van der Waals surface area contributed by atoms with Crippen molar-refractivity contribution < 1.29 is 4.79 Å². The number of rotatable bonds is 8. The zero-order chi connectivity index (χ0) is 21.6. The number of nitrogens with one attached hydrogen (secondary N) is 2. The van der Waals surface area contributed by atoms with Crippen LogP contribution in [-0.4, -0.2) is 37.3 Å². The quantitative estimate of drug-likeness (QED) is 0.375. The third-order valence-corrected chi connectivity index (χ3v) is 6.44. The SMILES string of the molecule is CN(C)c1ccc([C@@H](CNC(=O)CSc2ccccc2)c2c[nH]c3ccccc23)cc1. The molecular formula is C26H27N3OS. The summed E-state index contributed by atoms with van der Waals surface area (Å²) in [7, 11) is 4.08. The Labute approximate surface area is 187 Å². The van der Waals surface area contributed by atoms with E-state index in [1.807, 2.05) is 50.5 Å². The molecule has 1 atom stereocenters. The van der Waals surface area contributed by atoms with Crippen molar-refractivity contribution in [2.75, 3.05) is 31.3 Å².